The van der Waals surface area contributed by atoms with Crippen LogP contribution in [-0.4, -0.2) is 18.1 Å². The predicted molar refractivity (Wildman–Crippen MR) is 74.5 cm³/mol. The number of aryl methyl sites for hydroxylation is 1. The average molecular weight is 246 g/mol. The van der Waals surface area contributed by atoms with Crippen LogP contribution in [0.15, 0.2) is 30.5 Å². The van der Waals surface area contributed by atoms with Crippen molar-refractivity contribution in [2.75, 3.05) is 7.05 Å². The lowest BCUT2D eigenvalue weighted by Gasteiger charge is -2.06. The number of nitrogens with zero attached hydrogens (tertiary/aromatic N) is 1. The van der Waals surface area contributed by atoms with Crippen LogP contribution in [0.1, 0.15) is 17.4 Å². The first kappa shape index (κ1) is 12.3. The van der Waals surface area contributed by atoms with Gasteiger partial charge in [0.1, 0.15) is 5.01 Å². The Bertz CT molecular complexity index is 473. The van der Waals surface area contributed by atoms with Gasteiger partial charge < -0.3 is 5.32 Å². The highest BCUT2D eigenvalue weighted by molar-refractivity contribution is 7.15. The van der Waals surface area contributed by atoms with Crippen molar-refractivity contribution in [3.63, 3.8) is 0 Å². The number of hydrogen-bond donors (Lipinski definition) is 1. The zero-order valence-electron chi connectivity index (χ0n) is 10.5. The van der Waals surface area contributed by atoms with E-state index in [1.54, 1.807) is 11.3 Å². The number of thiazole rings is 1. The predicted octanol–water partition coefficient (Wildman–Crippen LogP) is 3.27. The summed E-state index contributed by atoms with van der Waals surface area (Å²) in [5.74, 6) is 0. The standard InChI is InChI=1S/C14H18N2S/c1-10-4-6-12(7-5-10)14-16-9-13(17-14)8-11(2)15-3/h4-7,9,11,15H,8H2,1-3H3. The summed E-state index contributed by atoms with van der Waals surface area (Å²) < 4.78 is 0. The van der Waals surface area contributed by atoms with Gasteiger partial charge in [-0.25, -0.2) is 4.98 Å². The van der Waals surface area contributed by atoms with Crippen LogP contribution < -0.4 is 5.32 Å². The molecule has 2 aromatic rings. The lowest BCUT2D eigenvalue weighted by atomic mass is 10.2. The largest absolute Gasteiger partial charge is 0.317 e. The van der Waals surface area contributed by atoms with Crippen molar-refractivity contribution in [2.45, 2.75) is 26.3 Å². The minimum Gasteiger partial charge on any atom is -0.317 e. The highest BCUT2D eigenvalue weighted by Crippen LogP contribution is 2.25. The van der Waals surface area contributed by atoms with Crippen molar-refractivity contribution in [3.05, 3.63) is 40.9 Å². The number of nitrogens with one attached hydrogen (secondary N) is 1. The van der Waals surface area contributed by atoms with E-state index < -0.39 is 0 Å². The Balaban J connectivity index is 2.15. The fourth-order valence-electron chi connectivity index (χ4n) is 1.64. The van der Waals surface area contributed by atoms with Crippen LogP contribution in [0.25, 0.3) is 10.6 Å². The molecular formula is C14H18N2S. The van der Waals surface area contributed by atoms with Crippen molar-refractivity contribution in [2.24, 2.45) is 0 Å². The summed E-state index contributed by atoms with van der Waals surface area (Å²) in [6.07, 6.45) is 3.04. The van der Waals surface area contributed by atoms with Gasteiger partial charge in [0.15, 0.2) is 0 Å². The highest BCUT2D eigenvalue weighted by atomic mass is 32.1. The first-order valence-corrected chi connectivity index (χ1v) is 6.69. The summed E-state index contributed by atoms with van der Waals surface area (Å²) >= 11 is 1.78. The topological polar surface area (TPSA) is 24.9 Å². The molecule has 2 rings (SSSR count). The third-order valence-electron chi connectivity index (χ3n) is 2.85. The fourth-order valence-corrected chi connectivity index (χ4v) is 2.68. The molecule has 1 heterocycles. The number of rotatable bonds is 4. The average Bonchev–Trinajstić information content (AvgIpc) is 2.78. The van der Waals surface area contributed by atoms with E-state index in [-0.39, 0.29) is 0 Å². The minimum absolute atomic E-state index is 0.501. The van der Waals surface area contributed by atoms with Crippen LogP contribution in [0.4, 0.5) is 0 Å². The molecule has 1 aromatic heterocycles. The number of hydrogen-bond acceptors (Lipinski definition) is 3. The molecule has 3 heteroatoms. The molecule has 1 atom stereocenters. The van der Waals surface area contributed by atoms with Gasteiger partial charge in [0, 0.05) is 22.7 Å². The number of aromatic nitrogens is 1. The molecule has 0 aliphatic rings. The smallest absolute Gasteiger partial charge is 0.123 e. The maximum atomic E-state index is 4.49. The minimum atomic E-state index is 0.501. The second kappa shape index (κ2) is 5.43. The van der Waals surface area contributed by atoms with Gasteiger partial charge in [-0.15, -0.1) is 11.3 Å². The zero-order chi connectivity index (χ0) is 12.3. The Labute approximate surface area is 107 Å². The summed E-state index contributed by atoms with van der Waals surface area (Å²) in [4.78, 5) is 5.83. The van der Waals surface area contributed by atoms with Crippen LogP contribution in [0.2, 0.25) is 0 Å². The molecule has 0 amide bonds. The van der Waals surface area contributed by atoms with Gasteiger partial charge in [-0.1, -0.05) is 29.8 Å². The summed E-state index contributed by atoms with van der Waals surface area (Å²) in [5.41, 5.74) is 2.50. The third-order valence-corrected chi connectivity index (χ3v) is 3.92. The summed E-state index contributed by atoms with van der Waals surface area (Å²) in [6.45, 7) is 4.29. The van der Waals surface area contributed by atoms with Gasteiger partial charge in [-0.3, -0.25) is 0 Å². The summed E-state index contributed by atoms with van der Waals surface area (Å²) in [6, 6.07) is 9.04. The van der Waals surface area contributed by atoms with Crippen molar-refractivity contribution < 1.29 is 0 Å². The Kier molecular flexibility index (Phi) is 3.92. The van der Waals surface area contributed by atoms with E-state index in [1.165, 1.54) is 16.0 Å². The molecule has 0 saturated heterocycles. The monoisotopic (exact) mass is 246 g/mol. The fraction of sp³-hybridized carbons (Fsp3) is 0.357. The molecule has 1 aromatic carbocycles. The maximum absolute atomic E-state index is 4.49. The molecule has 0 saturated carbocycles. The summed E-state index contributed by atoms with van der Waals surface area (Å²) in [7, 11) is 1.99. The van der Waals surface area contributed by atoms with E-state index in [0.29, 0.717) is 6.04 Å². The van der Waals surface area contributed by atoms with E-state index in [1.807, 2.05) is 13.2 Å². The van der Waals surface area contributed by atoms with Crippen LogP contribution in [-0.2, 0) is 6.42 Å². The van der Waals surface area contributed by atoms with Gasteiger partial charge in [-0.2, -0.15) is 0 Å². The zero-order valence-corrected chi connectivity index (χ0v) is 11.3. The van der Waals surface area contributed by atoms with Gasteiger partial charge in [0.05, 0.1) is 0 Å². The van der Waals surface area contributed by atoms with E-state index in [0.717, 1.165) is 11.4 Å². The molecule has 0 bridgehead atoms. The van der Waals surface area contributed by atoms with Crippen molar-refractivity contribution in [1.82, 2.24) is 10.3 Å². The summed E-state index contributed by atoms with van der Waals surface area (Å²) in [5, 5.41) is 4.36. The molecule has 17 heavy (non-hydrogen) atoms. The molecule has 0 radical (unpaired) electrons. The quantitative estimate of drug-likeness (QED) is 0.895. The molecule has 0 aliphatic carbocycles. The first-order chi connectivity index (χ1) is 8.19. The molecule has 2 nitrogen and oxygen atoms in total. The van der Waals surface area contributed by atoms with Gasteiger partial charge >= 0.3 is 0 Å². The molecule has 90 valence electrons. The Morgan fingerprint density at radius 3 is 2.65 bits per heavy atom. The second-order valence-corrected chi connectivity index (χ2v) is 5.51. The van der Waals surface area contributed by atoms with Crippen LogP contribution in [0, 0.1) is 6.92 Å². The van der Waals surface area contributed by atoms with Crippen molar-refractivity contribution in [3.8, 4) is 10.6 Å². The molecule has 0 aliphatic heterocycles. The Hall–Kier alpha value is -1.19. The van der Waals surface area contributed by atoms with Crippen LogP contribution >= 0.6 is 11.3 Å². The van der Waals surface area contributed by atoms with Gasteiger partial charge in [-0.05, 0) is 27.3 Å². The molecule has 0 fully saturated rings. The molecular weight excluding hydrogens is 228 g/mol. The van der Waals surface area contributed by atoms with Gasteiger partial charge in [0.25, 0.3) is 0 Å². The molecule has 1 N–H and O–H groups in total. The lowest BCUT2D eigenvalue weighted by molar-refractivity contribution is 0.612. The van der Waals surface area contributed by atoms with Crippen molar-refractivity contribution >= 4 is 11.3 Å². The number of likely N-dealkylation sites (N-methyl/N-ethyl adjacent to an activating group) is 1. The SMILES string of the molecule is CNC(C)Cc1cnc(-c2ccc(C)cc2)s1. The molecule has 1 unspecified atom stereocenters. The van der Waals surface area contributed by atoms with E-state index in [4.69, 9.17) is 0 Å². The normalized spacial score (nSPS) is 12.6. The van der Waals surface area contributed by atoms with Crippen LogP contribution in [0.5, 0.6) is 0 Å². The maximum Gasteiger partial charge on any atom is 0.123 e. The highest BCUT2D eigenvalue weighted by Gasteiger charge is 2.07. The van der Waals surface area contributed by atoms with Crippen molar-refractivity contribution in [1.29, 1.82) is 0 Å². The molecule has 0 spiro atoms. The Morgan fingerprint density at radius 2 is 2.00 bits per heavy atom. The van der Waals surface area contributed by atoms with E-state index >= 15 is 0 Å². The van der Waals surface area contributed by atoms with Gasteiger partial charge in [0.2, 0.25) is 0 Å². The number of benzene rings is 1. The Morgan fingerprint density at radius 1 is 1.29 bits per heavy atom. The third kappa shape index (κ3) is 3.14. The first-order valence-electron chi connectivity index (χ1n) is 5.88. The lowest BCUT2D eigenvalue weighted by Crippen LogP contribution is -2.22. The van der Waals surface area contributed by atoms with Crippen LogP contribution in [0.3, 0.4) is 0 Å². The van der Waals surface area contributed by atoms with E-state index in [2.05, 4.69) is 48.4 Å². The second-order valence-electron chi connectivity index (χ2n) is 4.39. The van der Waals surface area contributed by atoms with E-state index in [9.17, 15) is 0 Å².